The summed E-state index contributed by atoms with van der Waals surface area (Å²) in [5, 5.41) is 0. The van der Waals surface area contributed by atoms with E-state index < -0.39 is 0 Å². The molecule has 1 heterocycles. The van der Waals surface area contributed by atoms with Crippen molar-refractivity contribution < 1.29 is 4.74 Å². The fourth-order valence-corrected chi connectivity index (χ4v) is 2.67. The third-order valence-electron chi connectivity index (χ3n) is 4.04. The van der Waals surface area contributed by atoms with Crippen LogP contribution in [0.1, 0.15) is 48.5 Å². The van der Waals surface area contributed by atoms with Gasteiger partial charge in [-0.1, -0.05) is 26.3 Å². The third kappa shape index (κ3) is 2.44. The van der Waals surface area contributed by atoms with Crippen LogP contribution < -0.4 is 0 Å². The first kappa shape index (κ1) is 12.8. The summed E-state index contributed by atoms with van der Waals surface area (Å²) in [5.74, 6) is 2.04. The van der Waals surface area contributed by atoms with E-state index in [0.717, 1.165) is 0 Å². The maximum atomic E-state index is 6.11. The van der Waals surface area contributed by atoms with Crippen molar-refractivity contribution in [3.05, 3.63) is 11.1 Å². The second-order valence-electron chi connectivity index (χ2n) is 5.63. The molecule has 1 saturated heterocycles. The van der Waals surface area contributed by atoms with Crippen LogP contribution >= 0.6 is 0 Å². The van der Waals surface area contributed by atoms with Gasteiger partial charge in [-0.05, 0) is 51.0 Å². The van der Waals surface area contributed by atoms with Gasteiger partial charge in [0.2, 0.25) is 0 Å². The molecule has 1 nitrogen and oxygen atoms in total. The number of hydrogen-bond donors (Lipinski definition) is 0. The van der Waals surface area contributed by atoms with E-state index in [4.69, 9.17) is 4.74 Å². The van der Waals surface area contributed by atoms with E-state index in [1.807, 2.05) is 0 Å². The second kappa shape index (κ2) is 4.69. The SMILES string of the molecule is CC(C)=C(C)[C@H]1O[C@@H](C)[C@H](C)C1C(C)C. The molecule has 0 N–H and O–H groups in total. The molecule has 0 aliphatic carbocycles. The Balaban J connectivity index is 2.94. The fourth-order valence-electron chi connectivity index (χ4n) is 2.67. The predicted octanol–water partition coefficient (Wildman–Crippen LogP) is 4.04. The first-order valence-corrected chi connectivity index (χ1v) is 6.15. The lowest BCUT2D eigenvalue weighted by Gasteiger charge is -2.26. The monoisotopic (exact) mass is 210 g/mol. The highest BCUT2D eigenvalue weighted by Crippen LogP contribution is 2.40. The van der Waals surface area contributed by atoms with Gasteiger partial charge in [0.1, 0.15) is 0 Å². The molecular weight excluding hydrogens is 184 g/mol. The van der Waals surface area contributed by atoms with Crippen molar-refractivity contribution in [2.75, 3.05) is 0 Å². The molecule has 0 spiro atoms. The fraction of sp³-hybridized carbons (Fsp3) is 0.857. The van der Waals surface area contributed by atoms with Gasteiger partial charge in [0.25, 0.3) is 0 Å². The van der Waals surface area contributed by atoms with Gasteiger partial charge in [-0.3, -0.25) is 0 Å². The highest BCUT2D eigenvalue weighted by Gasteiger charge is 2.41. The van der Waals surface area contributed by atoms with E-state index in [1.165, 1.54) is 11.1 Å². The van der Waals surface area contributed by atoms with Gasteiger partial charge < -0.3 is 4.74 Å². The molecule has 1 aliphatic heterocycles. The minimum Gasteiger partial charge on any atom is -0.370 e. The van der Waals surface area contributed by atoms with Crippen LogP contribution in [0.5, 0.6) is 0 Å². The first-order chi connectivity index (χ1) is 6.86. The average molecular weight is 210 g/mol. The summed E-state index contributed by atoms with van der Waals surface area (Å²) in [5.41, 5.74) is 2.84. The molecule has 1 fully saturated rings. The van der Waals surface area contributed by atoms with E-state index in [1.54, 1.807) is 0 Å². The van der Waals surface area contributed by atoms with Gasteiger partial charge in [0, 0.05) is 0 Å². The van der Waals surface area contributed by atoms with Crippen molar-refractivity contribution in [2.45, 2.75) is 60.7 Å². The average Bonchev–Trinajstić information content (AvgIpc) is 2.41. The summed E-state index contributed by atoms with van der Waals surface area (Å²) in [4.78, 5) is 0. The Morgan fingerprint density at radius 2 is 1.60 bits per heavy atom. The summed E-state index contributed by atoms with van der Waals surface area (Å²) < 4.78 is 6.11. The zero-order valence-electron chi connectivity index (χ0n) is 11.3. The maximum absolute atomic E-state index is 6.11. The van der Waals surface area contributed by atoms with E-state index in [0.29, 0.717) is 30.0 Å². The van der Waals surface area contributed by atoms with E-state index in [9.17, 15) is 0 Å². The van der Waals surface area contributed by atoms with E-state index in [-0.39, 0.29) is 0 Å². The molecule has 4 atom stereocenters. The van der Waals surface area contributed by atoms with Crippen molar-refractivity contribution in [1.82, 2.24) is 0 Å². The van der Waals surface area contributed by atoms with Crippen LogP contribution in [0, 0.1) is 17.8 Å². The van der Waals surface area contributed by atoms with Crippen LogP contribution in [-0.4, -0.2) is 12.2 Å². The molecule has 1 aliphatic rings. The Morgan fingerprint density at radius 1 is 1.07 bits per heavy atom. The second-order valence-corrected chi connectivity index (χ2v) is 5.63. The summed E-state index contributed by atoms with van der Waals surface area (Å²) in [6.45, 7) is 15.8. The smallest absolute Gasteiger partial charge is 0.0822 e. The Bertz CT molecular complexity index is 248. The van der Waals surface area contributed by atoms with Crippen LogP contribution in [0.3, 0.4) is 0 Å². The van der Waals surface area contributed by atoms with Crippen LogP contribution in [-0.2, 0) is 4.74 Å². The van der Waals surface area contributed by atoms with Gasteiger partial charge in [0.15, 0.2) is 0 Å². The Morgan fingerprint density at radius 3 is 2.00 bits per heavy atom. The molecule has 0 radical (unpaired) electrons. The lowest BCUT2D eigenvalue weighted by molar-refractivity contribution is 0.0567. The van der Waals surface area contributed by atoms with E-state index in [2.05, 4.69) is 48.5 Å². The molecule has 15 heavy (non-hydrogen) atoms. The number of rotatable bonds is 2. The molecule has 1 heteroatoms. The normalized spacial score (nSPS) is 36.0. The number of allylic oxidation sites excluding steroid dienone is 1. The summed E-state index contributed by atoms with van der Waals surface area (Å²) in [6, 6.07) is 0. The van der Waals surface area contributed by atoms with Crippen LogP contribution in [0.4, 0.5) is 0 Å². The van der Waals surface area contributed by atoms with Crippen molar-refractivity contribution in [2.24, 2.45) is 17.8 Å². The van der Waals surface area contributed by atoms with Gasteiger partial charge in [-0.2, -0.15) is 0 Å². The lowest BCUT2D eigenvalue weighted by Crippen LogP contribution is -2.26. The Hall–Kier alpha value is -0.300. The van der Waals surface area contributed by atoms with Crippen LogP contribution in [0.25, 0.3) is 0 Å². The summed E-state index contributed by atoms with van der Waals surface area (Å²) in [6.07, 6.45) is 0.747. The topological polar surface area (TPSA) is 9.23 Å². The van der Waals surface area contributed by atoms with Crippen LogP contribution in [0.2, 0.25) is 0 Å². The molecule has 88 valence electrons. The largest absolute Gasteiger partial charge is 0.370 e. The highest BCUT2D eigenvalue weighted by molar-refractivity contribution is 5.16. The molecule has 0 amide bonds. The van der Waals surface area contributed by atoms with Gasteiger partial charge in [-0.25, -0.2) is 0 Å². The third-order valence-corrected chi connectivity index (χ3v) is 4.04. The van der Waals surface area contributed by atoms with Crippen LogP contribution in [0.15, 0.2) is 11.1 Å². The zero-order valence-corrected chi connectivity index (χ0v) is 11.3. The summed E-state index contributed by atoms with van der Waals surface area (Å²) >= 11 is 0. The van der Waals surface area contributed by atoms with Gasteiger partial charge in [-0.15, -0.1) is 0 Å². The lowest BCUT2D eigenvalue weighted by atomic mass is 9.78. The molecule has 0 aromatic heterocycles. The molecule has 0 aromatic carbocycles. The molecule has 0 aromatic rings. The van der Waals surface area contributed by atoms with Gasteiger partial charge in [0.05, 0.1) is 12.2 Å². The standard InChI is InChI=1S/C14H26O/c1-8(2)10(5)14-13(9(3)4)11(6)12(7)15-14/h9,11-14H,1-7H3/t11-,12-,13?,14+/m0/s1. The molecule has 1 rings (SSSR count). The highest BCUT2D eigenvalue weighted by atomic mass is 16.5. The Labute approximate surface area is 94.9 Å². The van der Waals surface area contributed by atoms with Crippen molar-refractivity contribution in [3.63, 3.8) is 0 Å². The first-order valence-electron chi connectivity index (χ1n) is 6.15. The van der Waals surface area contributed by atoms with Crippen molar-refractivity contribution >= 4 is 0 Å². The van der Waals surface area contributed by atoms with Crippen molar-refractivity contribution in [1.29, 1.82) is 0 Å². The molecule has 1 unspecified atom stereocenters. The Kier molecular flexibility index (Phi) is 3.99. The quantitative estimate of drug-likeness (QED) is 0.625. The molecule has 0 saturated carbocycles. The minimum absolute atomic E-state index is 0.347. The maximum Gasteiger partial charge on any atom is 0.0822 e. The molecular formula is C14H26O. The summed E-state index contributed by atoms with van der Waals surface area (Å²) in [7, 11) is 0. The minimum atomic E-state index is 0.347. The van der Waals surface area contributed by atoms with Crippen molar-refractivity contribution in [3.8, 4) is 0 Å². The predicted molar refractivity (Wildman–Crippen MR) is 65.9 cm³/mol. The van der Waals surface area contributed by atoms with Gasteiger partial charge >= 0.3 is 0 Å². The zero-order chi connectivity index (χ0) is 11.7. The van der Waals surface area contributed by atoms with E-state index >= 15 is 0 Å². The number of hydrogen-bond acceptors (Lipinski definition) is 1. The molecule has 0 bridgehead atoms. The number of ether oxygens (including phenoxy) is 1.